The summed E-state index contributed by atoms with van der Waals surface area (Å²) in [5.41, 5.74) is 6.24. The van der Waals surface area contributed by atoms with E-state index in [1.54, 1.807) is 24.3 Å². The predicted molar refractivity (Wildman–Crippen MR) is 70.5 cm³/mol. The molecule has 6 heteroatoms. The van der Waals surface area contributed by atoms with Crippen molar-refractivity contribution in [1.29, 1.82) is 0 Å². The fourth-order valence-electron chi connectivity index (χ4n) is 1.87. The van der Waals surface area contributed by atoms with Gasteiger partial charge in [0, 0.05) is 24.7 Å². The molecule has 1 aromatic rings. The first kappa shape index (κ1) is 13.2. The number of nitrogens with one attached hydrogen (secondary N) is 2. The van der Waals surface area contributed by atoms with Crippen molar-refractivity contribution >= 4 is 17.5 Å². The summed E-state index contributed by atoms with van der Waals surface area (Å²) in [6.45, 7) is 0.782. The molecule has 1 aliphatic heterocycles. The van der Waals surface area contributed by atoms with Gasteiger partial charge in [-0.2, -0.15) is 0 Å². The molecule has 1 heterocycles. The Balaban J connectivity index is 1.68. The molecule has 1 unspecified atom stereocenters. The van der Waals surface area contributed by atoms with Crippen LogP contribution in [0.15, 0.2) is 24.3 Å². The zero-order valence-electron chi connectivity index (χ0n) is 10.5. The van der Waals surface area contributed by atoms with E-state index in [4.69, 9.17) is 10.5 Å². The summed E-state index contributed by atoms with van der Waals surface area (Å²) >= 11 is 0. The fourth-order valence-corrected chi connectivity index (χ4v) is 1.87. The van der Waals surface area contributed by atoms with Crippen molar-refractivity contribution in [3.63, 3.8) is 0 Å². The quantitative estimate of drug-likeness (QED) is 0.654. The number of hydrogen-bond acceptors (Lipinski definition) is 4. The Morgan fingerprint density at radius 1 is 1.53 bits per heavy atom. The van der Waals surface area contributed by atoms with Gasteiger partial charge >= 0.3 is 0 Å². The van der Waals surface area contributed by atoms with Crippen LogP contribution in [0.5, 0.6) is 5.75 Å². The van der Waals surface area contributed by atoms with Crippen molar-refractivity contribution in [2.24, 2.45) is 0 Å². The first-order valence-electron chi connectivity index (χ1n) is 6.18. The molecule has 0 aliphatic carbocycles. The second-order valence-corrected chi connectivity index (χ2v) is 4.44. The van der Waals surface area contributed by atoms with Crippen molar-refractivity contribution < 1.29 is 14.3 Å². The highest BCUT2D eigenvalue weighted by molar-refractivity contribution is 5.82. The number of benzene rings is 1. The van der Waals surface area contributed by atoms with E-state index in [9.17, 15) is 9.59 Å². The largest absolute Gasteiger partial charge is 0.493 e. The monoisotopic (exact) mass is 263 g/mol. The summed E-state index contributed by atoms with van der Waals surface area (Å²) < 4.78 is 5.42. The number of rotatable bonds is 5. The highest BCUT2D eigenvalue weighted by atomic mass is 16.5. The van der Waals surface area contributed by atoms with Crippen molar-refractivity contribution in [2.45, 2.75) is 18.9 Å². The summed E-state index contributed by atoms with van der Waals surface area (Å²) in [6, 6.07) is 6.95. The third-order valence-corrected chi connectivity index (χ3v) is 2.80. The van der Waals surface area contributed by atoms with Crippen LogP contribution in [0.2, 0.25) is 0 Å². The van der Waals surface area contributed by atoms with Crippen LogP contribution in [0.3, 0.4) is 0 Å². The topological polar surface area (TPSA) is 93.4 Å². The van der Waals surface area contributed by atoms with Gasteiger partial charge < -0.3 is 21.1 Å². The minimum atomic E-state index is -0.120. The van der Waals surface area contributed by atoms with Crippen LogP contribution >= 0.6 is 0 Å². The lowest BCUT2D eigenvalue weighted by Gasteiger charge is -2.11. The number of carbonyl (C=O) groups excluding carboxylic acids is 2. The van der Waals surface area contributed by atoms with Gasteiger partial charge in [0.25, 0.3) is 0 Å². The average molecular weight is 263 g/mol. The van der Waals surface area contributed by atoms with Gasteiger partial charge in [0.15, 0.2) is 0 Å². The summed E-state index contributed by atoms with van der Waals surface area (Å²) in [4.78, 5) is 22.6. The summed E-state index contributed by atoms with van der Waals surface area (Å²) in [5.74, 6) is 0.497. The molecule has 2 rings (SSSR count). The summed E-state index contributed by atoms with van der Waals surface area (Å²) in [7, 11) is 0. The smallest absolute Gasteiger partial charge is 0.223 e. The van der Waals surface area contributed by atoms with Gasteiger partial charge in [0.05, 0.1) is 19.1 Å². The Morgan fingerprint density at radius 3 is 3.05 bits per heavy atom. The van der Waals surface area contributed by atoms with E-state index < -0.39 is 0 Å². The van der Waals surface area contributed by atoms with E-state index in [-0.39, 0.29) is 30.9 Å². The minimum Gasteiger partial charge on any atom is -0.493 e. The normalized spacial score (nSPS) is 17.9. The molecule has 4 N–H and O–H groups in total. The maximum absolute atomic E-state index is 11.6. The van der Waals surface area contributed by atoms with Gasteiger partial charge in [0.1, 0.15) is 5.75 Å². The van der Waals surface area contributed by atoms with Gasteiger partial charge in [-0.05, 0) is 12.1 Å². The van der Waals surface area contributed by atoms with Crippen LogP contribution in [0.25, 0.3) is 0 Å². The summed E-state index contributed by atoms with van der Waals surface area (Å²) in [5, 5.41) is 5.44. The number of carbonyl (C=O) groups is 2. The van der Waals surface area contributed by atoms with E-state index in [2.05, 4.69) is 10.6 Å². The molecule has 0 spiro atoms. The first-order valence-corrected chi connectivity index (χ1v) is 6.18. The zero-order valence-corrected chi connectivity index (χ0v) is 10.5. The molecule has 0 radical (unpaired) electrons. The number of nitrogens with two attached hydrogens (primary N) is 1. The van der Waals surface area contributed by atoms with Gasteiger partial charge in [-0.1, -0.05) is 6.07 Å². The van der Waals surface area contributed by atoms with Crippen LogP contribution < -0.4 is 21.1 Å². The summed E-state index contributed by atoms with van der Waals surface area (Å²) in [6.07, 6.45) is 0.599. The Morgan fingerprint density at radius 2 is 2.37 bits per heavy atom. The molecule has 2 amide bonds. The van der Waals surface area contributed by atoms with Gasteiger partial charge in [-0.15, -0.1) is 0 Å². The average Bonchev–Trinajstić information content (AvgIpc) is 2.75. The van der Waals surface area contributed by atoms with Crippen molar-refractivity contribution in [1.82, 2.24) is 10.6 Å². The second kappa shape index (κ2) is 6.08. The maximum Gasteiger partial charge on any atom is 0.223 e. The first-order chi connectivity index (χ1) is 9.13. The number of ether oxygens (including phenoxy) is 1. The third kappa shape index (κ3) is 4.17. The Kier molecular flexibility index (Phi) is 4.22. The molecule has 1 fully saturated rings. The molecule has 6 nitrogen and oxygen atoms in total. The van der Waals surface area contributed by atoms with E-state index in [1.807, 2.05) is 0 Å². The van der Waals surface area contributed by atoms with Gasteiger partial charge in [-0.3, -0.25) is 9.59 Å². The van der Waals surface area contributed by atoms with E-state index in [0.717, 1.165) is 0 Å². The Labute approximate surface area is 111 Å². The zero-order chi connectivity index (χ0) is 13.7. The van der Waals surface area contributed by atoms with E-state index in [1.165, 1.54) is 0 Å². The lowest BCUT2D eigenvalue weighted by atomic mass is 10.2. The van der Waals surface area contributed by atoms with Crippen LogP contribution in [0.1, 0.15) is 12.8 Å². The lowest BCUT2D eigenvalue weighted by Crippen LogP contribution is -2.36. The lowest BCUT2D eigenvalue weighted by molar-refractivity contribution is -0.122. The second-order valence-electron chi connectivity index (χ2n) is 4.44. The molecule has 0 bridgehead atoms. The van der Waals surface area contributed by atoms with Crippen LogP contribution in [-0.2, 0) is 9.59 Å². The molecule has 19 heavy (non-hydrogen) atoms. The third-order valence-electron chi connectivity index (χ3n) is 2.80. The highest BCUT2D eigenvalue weighted by Crippen LogP contribution is 2.14. The molecule has 1 atom stereocenters. The molecule has 102 valence electrons. The standard InChI is InChI=1S/C13H17N3O3/c14-9-2-1-3-11(6-9)19-5-4-12(17)16-10-7-13(18)15-8-10/h1-3,6,10H,4-5,7-8,14H2,(H,15,18)(H,16,17). The number of nitrogen functional groups attached to an aromatic ring is 1. The molecule has 1 saturated heterocycles. The van der Waals surface area contributed by atoms with E-state index >= 15 is 0 Å². The molecular formula is C13H17N3O3. The highest BCUT2D eigenvalue weighted by Gasteiger charge is 2.22. The molecule has 0 aromatic heterocycles. The molecule has 0 saturated carbocycles. The molecule has 1 aromatic carbocycles. The Hall–Kier alpha value is -2.24. The van der Waals surface area contributed by atoms with Crippen LogP contribution in [-0.4, -0.2) is 31.0 Å². The SMILES string of the molecule is Nc1cccc(OCCC(=O)NC2CNC(=O)C2)c1. The maximum atomic E-state index is 11.6. The van der Waals surface area contributed by atoms with E-state index in [0.29, 0.717) is 24.4 Å². The van der Waals surface area contributed by atoms with Crippen molar-refractivity contribution in [3.05, 3.63) is 24.3 Å². The predicted octanol–water partition coefficient (Wildman–Crippen LogP) is 0.0424. The van der Waals surface area contributed by atoms with Crippen LogP contribution in [0.4, 0.5) is 5.69 Å². The number of anilines is 1. The minimum absolute atomic E-state index is 0.0266. The molecular weight excluding hydrogens is 246 g/mol. The number of amides is 2. The van der Waals surface area contributed by atoms with Crippen molar-refractivity contribution in [2.75, 3.05) is 18.9 Å². The Bertz CT molecular complexity index is 476. The van der Waals surface area contributed by atoms with Crippen LogP contribution in [0, 0.1) is 0 Å². The number of hydrogen-bond donors (Lipinski definition) is 3. The van der Waals surface area contributed by atoms with Gasteiger partial charge in [0.2, 0.25) is 11.8 Å². The fraction of sp³-hybridized carbons (Fsp3) is 0.385. The molecule has 1 aliphatic rings. The van der Waals surface area contributed by atoms with Crippen molar-refractivity contribution in [3.8, 4) is 5.75 Å². The van der Waals surface area contributed by atoms with Gasteiger partial charge in [-0.25, -0.2) is 0 Å².